The molecule has 0 radical (unpaired) electrons. The average molecular weight is 388 g/mol. The monoisotopic (exact) mass is 387 g/mol. The van der Waals surface area contributed by atoms with Gasteiger partial charge in [0.15, 0.2) is 6.54 Å². The summed E-state index contributed by atoms with van der Waals surface area (Å²) in [6, 6.07) is 15.9. The number of anilines is 1. The second-order valence-corrected chi connectivity index (χ2v) is 7.98. The molecule has 2 N–H and O–H groups in total. The van der Waals surface area contributed by atoms with Crippen LogP contribution in [-0.4, -0.2) is 19.1 Å². The highest BCUT2D eigenvalue weighted by Crippen LogP contribution is 2.23. The van der Waals surface area contributed by atoms with Gasteiger partial charge < -0.3 is 15.0 Å². The Morgan fingerprint density at radius 3 is 2.23 bits per heavy atom. The van der Waals surface area contributed by atoms with Crippen LogP contribution in [0.2, 0.25) is 0 Å². The molecule has 2 aromatic heterocycles. The van der Waals surface area contributed by atoms with Crippen molar-refractivity contribution < 1.29 is 14.4 Å². The van der Waals surface area contributed by atoms with Crippen molar-refractivity contribution in [1.29, 1.82) is 0 Å². The quantitative estimate of drug-likeness (QED) is 0.591. The van der Waals surface area contributed by atoms with Gasteiger partial charge in [-0.05, 0) is 41.9 Å². The molecular formula is C20H23N2O2S2+. The Kier molecular flexibility index (Phi) is 6.82. The number of benzene rings is 1. The number of hydrogen-bond donors (Lipinski definition) is 2. The van der Waals surface area contributed by atoms with Crippen LogP contribution < -0.4 is 15.0 Å². The molecule has 0 bridgehead atoms. The number of amides is 1. The molecule has 0 saturated heterocycles. The lowest BCUT2D eigenvalue weighted by Gasteiger charge is -2.18. The van der Waals surface area contributed by atoms with Crippen molar-refractivity contribution in [3.63, 3.8) is 0 Å². The van der Waals surface area contributed by atoms with Gasteiger partial charge in [-0.2, -0.15) is 0 Å². The summed E-state index contributed by atoms with van der Waals surface area (Å²) < 4.78 is 5.60. The third kappa shape index (κ3) is 5.42. The topological polar surface area (TPSA) is 42.8 Å². The highest BCUT2D eigenvalue weighted by molar-refractivity contribution is 7.10. The molecule has 3 aromatic rings. The third-order valence-corrected chi connectivity index (χ3v) is 5.63. The van der Waals surface area contributed by atoms with Gasteiger partial charge in [0.2, 0.25) is 0 Å². The standard InChI is InChI=1S/C20H22N2O2S2/c1-2-24-19-10-4-3-9-18(19)21-20(23)15-22(13-16-7-5-11-25-16)14-17-8-6-12-26-17/h3-12H,2,13-15H2,1H3,(H,21,23)/p+1. The third-order valence-electron chi connectivity index (χ3n) is 3.88. The minimum atomic E-state index is 0.000246. The van der Waals surface area contributed by atoms with Crippen LogP contribution in [0.5, 0.6) is 5.75 Å². The fraction of sp³-hybridized carbons (Fsp3) is 0.250. The Morgan fingerprint density at radius 1 is 1.00 bits per heavy atom. The molecule has 136 valence electrons. The fourth-order valence-corrected chi connectivity index (χ4v) is 4.33. The maximum atomic E-state index is 12.7. The highest BCUT2D eigenvalue weighted by Gasteiger charge is 2.18. The largest absolute Gasteiger partial charge is 0.492 e. The average Bonchev–Trinajstić information content (AvgIpc) is 3.31. The van der Waals surface area contributed by atoms with E-state index in [9.17, 15) is 4.79 Å². The predicted molar refractivity (Wildman–Crippen MR) is 108 cm³/mol. The number of carbonyl (C=O) groups is 1. The van der Waals surface area contributed by atoms with E-state index in [0.717, 1.165) is 18.8 Å². The summed E-state index contributed by atoms with van der Waals surface area (Å²) in [6.07, 6.45) is 0. The summed E-state index contributed by atoms with van der Waals surface area (Å²) in [5.74, 6) is 0.710. The lowest BCUT2D eigenvalue weighted by Crippen LogP contribution is -3.10. The van der Waals surface area contributed by atoms with Crippen LogP contribution in [0, 0.1) is 0 Å². The zero-order chi connectivity index (χ0) is 18.2. The number of rotatable bonds is 9. The second-order valence-electron chi connectivity index (χ2n) is 5.92. The lowest BCUT2D eigenvalue weighted by molar-refractivity contribution is -0.918. The molecule has 1 amide bonds. The van der Waals surface area contributed by atoms with E-state index in [1.807, 2.05) is 31.2 Å². The molecule has 0 aliphatic rings. The number of quaternary nitrogens is 1. The fourth-order valence-electron chi connectivity index (χ4n) is 2.78. The van der Waals surface area contributed by atoms with Gasteiger partial charge in [0.1, 0.15) is 18.8 Å². The van der Waals surface area contributed by atoms with Gasteiger partial charge in [0, 0.05) is 0 Å². The zero-order valence-corrected chi connectivity index (χ0v) is 16.4. The second kappa shape index (κ2) is 9.52. The number of carbonyl (C=O) groups excluding carboxylic acids is 1. The minimum absolute atomic E-state index is 0.000246. The maximum Gasteiger partial charge on any atom is 0.279 e. The van der Waals surface area contributed by atoms with Crippen LogP contribution >= 0.6 is 22.7 Å². The van der Waals surface area contributed by atoms with Gasteiger partial charge in [-0.1, -0.05) is 24.3 Å². The summed E-state index contributed by atoms with van der Waals surface area (Å²) >= 11 is 3.47. The Bertz CT molecular complexity index is 765. The van der Waals surface area contributed by atoms with Crippen LogP contribution in [0.3, 0.4) is 0 Å². The molecule has 3 rings (SSSR count). The number of para-hydroxylation sites is 2. The van der Waals surface area contributed by atoms with E-state index < -0.39 is 0 Å². The van der Waals surface area contributed by atoms with Crippen molar-refractivity contribution in [2.75, 3.05) is 18.5 Å². The smallest absolute Gasteiger partial charge is 0.279 e. The minimum Gasteiger partial charge on any atom is -0.492 e. The van der Waals surface area contributed by atoms with Crippen LogP contribution in [0.1, 0.15) is 16.7 Å². The number of hydrogen-bond acceptors (Lipinski definition) is 4. The summed E-state index contributed by atoms with van der Waals surface area (Å²) in [6.45, 7) is 4.61. The van der Waals surface area contributed by atoms with Gasteiger partial charge in [-0.15, -0.1) is 22.7 Å². The first-order valence-corrected chi connectivity index (χ1v) is 10.4. The van der Waals surface area contributed by atoms with E-state index in [4.69, 9.17) is 4.74 Å². The molecule has 0 atom stereocenters. The molecule has 0 aliphatic carbocycles. The SMILES string of the molecule is CCOc1ccccc1NC(=O)C[NH+](Cc1cccs1)Cc1cccs1. The molecule has 1 aromatic carbocycles. The number of nitrogens with one attached hydrogen (secondary N) is 2. The van der Waals surface area contributed by atoms with Gasteiger partial charge in [-0.3, -0.25) is 4.79 Å². The Hall–Kier alpha value is -2.15. The summed E-state index contributed by atoms with van der Waals surface area (Å²) in [5, 5.41) is 7.17. The predicted octanol–water partition coefficient (Wildman–Crippen LogP) is 3.43. The van der Waals surface area contributed by atoms with E-state index in [1.54, 1.807) is 22.7 Å². The van der Waals surface area contributed by atoms with Crippen molar-refractivity contribution in [2.24, 2.45) is 0 Å². The molecule has 26 heavy (non-hydrogen) atoms. The molecule has 0 spiro atoms. The Morgan fingerprint density at radius 2 is 1.65 bits per heavy atom. The van der Waals surface area contributed by atoms with Crippen LogP contribution in [0.15, 0.2) is 59.3 Å². The maximum absolute atomic E-state index is 12.7. The zero-order valence-electron chi connectivity index (χ0n) is 14.7. The van der Waals surface area contributed by atoms with E-state index >= 15 is 0 Å². The molecule has 4 nitrogen and oxygen atoms in total. The van der Waals surface area contributed by atoms with Gasteiger partial charge >= 0.3 is 0 Å². The van der Waals surface area contributed by atoms with Crippen LogP contribution in [-0.2, 0) is 17.9 Å². The molecule has 6 heteroatoms. The van der Waals surface area contributed by atoms with E-state index in [1.165, 1.54) is 14.7 Å². The molecule has 0 fully saturated rings. The Balaban J connectivity index is 1.66. The summed E-state index contributed by atoms with van der Waals surface area (Å²) in [4.78, 5) is 16.5. The Labute approximate surface area is 162 Å². The number of thiophene rings is 2. The van der Waals surface area contributed by atoms with Crippen molar-refractivity contribution in [3.8, 4) is 5.75 Å². The molecular weight excluding hydrogens is 364 g/mol. The molecule has 2 heterocycles. The number of ether oxygens (including phenoxy) is 1. The van der Waals surface area contributed by atoms with Gasteiger partial charge in [0.05, 0.1) is 22.0 Å². The first-order chi connectivity index (χ1) is 12.7. The van der Waals surface area contributed by atoms with Crippen LogP contribution in [0.4, 0.5) is 5.69 Å². The van der Waals surface area contributed by atoms with Crippen molar-refractivity contribution >= 4 is 34.3 Å². The highest BCUT2D eigenvalue weighted by atomic mass is 32.1. The lowest BCUT2D eigenvalue weighted by atomic mass is 10.3. The molecule has 0 unspecified atom stereocenters. The van der Waals surface area contributed by atoms with E-state index in [-0.39, 0.29) is 5.91 Å². The van der Waals surface area contributed by atoms with E-state index in [2.05, 4.69) is 40.3 Å². The van der Waals surface area contributed by atoms with Crippen molar-refractivity contribution in [2.45, 2.75) is 20.0 Å². The summed E-state index contributed by atoms with van der Waals surface area (Å²) in [5.41, 5.74) is 0.728. The van der Waals surface area contributed by atoms with Gasteiger partial charge in [-0.25, -0.2) is 0 Å². The first-order valence-electron chi connectivity index (χ1n) is 8.64. The normalized spacial score (nSPS) is 10.8. The molecule has 0 aliphatic heterocycles. The van der Waals surface area contributed by atoms with E-state index in [0.29, 0.717) is 18.9 Å². The summed E-state index contributed by atoms with van der Waals surface area (Å²) in [7, 11) is 0. The van der Waals surface area contributed by atoms with Crippen molar-refractivity contribution in [3.05, 3.63) is 69.0 Å². The first kappa shape index (κ1) is 18.6. The van der Waals surface area contributed by atoms with Gasteiger partial charge in [0.25, 0.3) is 5.91 Å². The van der Waals surface area contributed by atoms with Crippen LogP contribution in [0.25, 0.3) is 0 Å². The van der Waals surface area contributed by atoms with Crippen molar-refractivity contribution in [1.82, 2.24) is 0 Å². The molecule has 0 saturated carbocycles.